The molecule has 0 aliphatic heterocycles. The Morgan fingerprint density at radius 3 is 2.39 bits per heavy atom. The molecule has 3 nitrogen and oxygen atoms in total. The number of carbonyl (C=O) groups is 1. The predicted molar refractivity (Wildman–Crippen MR) is 138 cm³/mol. The number of hydrogen-bond donors (Lipinski definition) is 0. The number of fused-ring (bicyclic) bond motifs is 1. The van der Waals surface area contributed by atoms with E-state index in [0.29, 0.717) is 24.0 Å². The summed E-state index contributed by atoms with van der Waals surface area (Å²) < 4.78 is 53.4. The average Bonchev–Trinajstić information content (AvgIpc) is 3.20. The molecule has 0 saturated carbocycles. The molecule has 0 fully saturated rings. The largest absolute Gasteiger partial charge is 0.456 e. The smallest absolute Gasteiger partial charge is 0.417 e. The third-order valence-electron chi connectivity index (χ3n) is 6.44. The molecule has 3 rings (SSSR count). The Morgan fingerprint density at radius 1 is 1.03 bits per heavy atom. The molecule has 0 radical (unpaired) electrons. The van der Waals surface area contributed by atoms with Crippen LogP contribution in [0.1, 0.15) is 77.0 Å². The van der Waals surface area contributed by atoms with Crippen molar-refractivity contribution in [3.05, 3.63) is 71.8 Å². The quantitative estimate of drug-likeness (QED) is 0.158. The lowest BCUT2D eigenvalue weighted by atomic mass is 9.76. The van der Waals surface area contributed by atoms with Gasteiger partial charge in [0.2, 0.25) is 0 Å². The minimum atomic E-state index is -4.49. The van der Waals surface area contributed by atoms with Crippen molar-refractivity contribution < 1.29 is 27.1 Å². The first kappa shape index (κ1) is 27.6. The Bertz CT molecular complexity index is 1230. The number of unbranched alkanes of at least 4 members (excludes halogenated alkanes) is 2. The average molecular weight is 501 g/mol. The highest BCUT2D eigenvalue weighted by atomic mass is 19.4. The first-order chi connectivity index (χ1) is 16.8. The highest BCUT2D eigenvalue weighted by Gasteiger charge is 2.35. The molecular formula is C30H35F3O3. The lowest BCUT2D eigenvalue weighted by molar-refractivity contribution is -0.151. The zero-order valence-corrected chi connectivity index (χ0v) is 21.7. The van der Waals surface area contributed by atoms with Crippen LogP contribution in [0.2, 0.25) is 0 Å². The Morgan fingerprint density at radius 2 is 1.75 bits per heavy atom. The number of carbonyl (C=O) groups excluding carboxylic acids is 1. The van der Waals surface area contributed by atoms with Crippen LogP contribution in [0.15, 0.2) is 59.5 Å². The van der Waals surface area contributed by atoms with E-state index in [1.807, 2.05) is 45.9 Å². The molecule has 0 spiro atoms. The maximum absolute atomic E-state index is 14.0. The lowest BCUT2D eigenvalue weighted by Gasteiger charge is -2.34. The van der Waals surface area contributed by atoms with Crippen LogP contribution in [0.3, 0.4) is 0 Å². The summed E-state index contributed by atoms with van der Waals surface area (Å²) in [6.07, 6.45) is 0.651. The van der Waals surface area contributed by atoms with Crippen molar-refractivity contribution in [2.24, 2.45) is 0 Å². The number of ether oxygens (including phenoxy) is 1. The van der Waals surface area contributed by atoms with Crippen LogP contribution in [0.5, 0.6) is 0 Å². The van der Waals surface area contributed by atoms with E-state index in [1.165, 1.54) is 12.1 Å². The van der Waals surface area contributed by atoms with Gasteiger partial charge in [0.25, 0.3) is 0 Å². The monoisotopic (exact) mass is 500 g/mol. The molecule has 0 saturated heterocycles. The van der Waals surface area contributed by atoms with Gasteiger partial charge in [0, 0.05) is 17.0 Å². The molecule has 2 aromatic carbocycles. The van der Waals surface area contributed by atoms with Crippen LogP contribution in [0.4, 0.5) is 13.2 Å². The molecule has 1 aromatic heterocycles. The number of alkyl halides is 3. The summed E-state index contributed by atoms with van der Waals surface area (Å²) in [7, 11) is 0. The molecule has 6 heteroatoms. The molecule has 0 aliphatic rings. The van der Waals surface area contributed by atoms with Crippen LogP contribution in [-0.2, 0) is 27.5 Å². The van der Waals surface area contributed by atoms with Crippen molar-refractivity contribution in [2.75, 3.05) is 0 Å². The summed E-state index contributed by atoms with van der Waals surface area (Å²) >= 11 is 0. The first-order valence-electron chi connectivity index (χ1n) is 12.4. The number of benzene rings is 2. The number of halogens is 3. The van der Waals surface area contributed by atoms with Crippen molar-refractivity contribution in [2.45, 2.75) is 83.9 Å². The summed E-state index contributed by atoms with van der Waals surface area (Å²) in [6, 6.07) is 11.8. The molecule has 0 N–H and O–H groups in total. The minimum Gasteiger partial charge on any atom is -0.456 e. The van der Waals surface area contributed by atoms with Crippen molar-refractivity contribution >= 4 is 16.9 Å². The van der Waals surface area contributed by atoms with Gasteiger partial charge in [-0.15, -0.1) is 0 Å². The summed E-state index contributed by atoms with van der Waals surface area (Å²) in [5.41, 5.74) is 0.345. The van der Waals surface area contributed by atoms with Crippen molar-refractivity contribution in [3.63, 3.8) is 0 Å². The normalized spacial score (nSPS) is 12.7. The molecule has 36 heavy (non-hydrogen) atoms. The third kappa shape index (κ3) is 6.59. The third-order valence-corrected chi connectivity index (χ3v) is 6.44. The van der Waals surface area contributed by atoms with Gasteiger partial charge < -0.3 is 9.15 Å². The second kappa shape index (κ2) is 10.5. The minimum absolute atomic E-state index is 0.0382. The van der Waals surface area contributed by atoms with Crippen molar-refractivity contribution in [3.8, 4) is 11.3 Å². The van der Waals surface area contributed by atoms with Gasteiger partial charge in [0.15, 0.2) is 0 Å². The molecule has 0 aliphatic carbocycles. The fraction of sp³-hybridized carbons (Fsp3) is 0.433. The zero-order chi connectivity index (χ0) is 26.7. The molecule has 3 aromatic rings. The lowest BCUT2D eigenvalue weighted by Crippen LogP contribution is -2.35. The number of hydrogen-bond acceptors (Lipinski definition) is 3. The maximum Gasteiger partial charge on any atom is 0.417 e. The predicted octanol–water partition coefficient (Wildman–Crippen LogP) is 9.03. The zero-order valence-electron chi connectivity index (χ0n) is 21.7. The summed E-state index contributed by atoms with van der Waals surface area (Å²) in [4.78, 5) is 11.7. The standard InChI is InChI=1S/C30H35F3O3/c1-7-9-10-11-20-12-15-23(24(16-20)30(31,32)33)26-17-21-13-14-22(18-25(21)35-26)28(3,4)19-29(5,6)36-27(34)8-2/h8,12-18H,2,7,9-11,19H2,1,3-6H3. The second-order valence-electron chi connectivity index (χ2n) is 10.6. The Balaban J connectivity index is 1.95. The van der Waals surface area contributed by atoms with Crippen LogP contribution in [-0.4, -0.2) is 11.6 Å². The van der Waals surface area contributed by atoms with Gasteiger partial charge in [-0.05, 0) is 67.9 Å². The van der Waals surface area contributed by atoms with E-state index in [4.69, 9.17) is 9.15 Å². The number of furan rings is 1. The van der Waals surface area contributed by atoms with E-state index >= 15 is 0 Å². The summed E-state index contributed by atoms with van der Waals surface area (Å²) in [5, 5.41) is 0.724. The molecule has 0 unspecified atom stereocenters. The fourth-order valence-corrected chi connectivity index (χ4v) is 4.88. The molecule has 1 heterocycles. The number of rotatable bonds is 10. The molecule has 0 atom stereocenters. The van der Waals surface area contributed by atoms with Gasteiger partial charge in [-0.2, -0.15) is 13.2 Å². The Hall–Kier alpha value is -3.02. The van der Waals surface area contributed by atoms with Gasteiger partial charge in [-0.3, -0.25) is 0 Å². The summed E-state index contributed by atoms with van der Waals surface area (Å²) in [6.45, 7) is 13.2. The number of aryl methyl sites for hydroxylation is 1. The van der Waals surface area contributed by atoms with E-state index < -0.39 is 28.7 Å². The number of esters is 1. The van der Waals surface area contributed by atoms with E-state index in [2.05, 4.69) is 13.5 Å². The van der Waals surface area contributed by atoms with Gasteiger partial charge in [-0.1, -0.05) is 64.5 Å². The Labute approximate surface area is 211 Å². The van der Waals surface area contributed by atoms with Crippen LogP contribution in [0.25, 0.3) is 22.3 Å². The van der Waals surface area contributed by atoms with E-state index in [-0.39, 0.29) is 11.3 Å². The molecule has 194 valence electrons. The Kier molecular flexibility index (Phi) is 8.07. The molecule has 0 amide bonds. The van der Waals surface area contributed by atoms with Crippen molar-refractivity contribution in [1.82, 2.24) is 0 Å². The summed E-state index contributed by atoms with van der Waals surface area (Å²) in [5.74, 6) is -0.300. The van der Waals surface area contributed by atoms with Gasteiger partial charge >= 0.3 is 12.1 Å². The first-order valence-corrected chi connectivity index (χ1v) is 12.4. The molecular weight excluding hydrogens is 465 g/mol. The van der Waals surface area contributed by atoms with E-state index in [9.17, 15) is 18.0 Å². The van der Waals surface area contributed by atoms with E-state index in [0.717, 1.165) is 36.3 Å². The van der Waals surface area contributed by atoms with Crippen LogP contribution >= 0.6 is 0 Å². The van der Waals surface area contributed by atoms with E-state index in [1.54, 1.807) is 12.1 Å². The highest BCUT2D eigenvalue weighted by Crippen LogP contribution is 2.41. The van der Waals surface area contributed by atoms with Gasteiger partial charge in [0.1, 0.15) is 16.9 Å². The van der Waals surface area contributed by atoms with Crippen LogP contribution < -0.4 is 0 Å². The molecule has 0 bridgehead atoms. The van der Waals surface area contributed by atoms with Crippen molar-refractivity contribution in [1.29, 1.82) is 0 Å². The maximum atomic E-state index is 14.0. The van der Waals surface area contributed by atoms with Crippen LogP contribution in [0, 0.1) is 0 Å². The van der Waals surface area contributed by atoms with Gasteiger partial charge in [0.05, 0.1) is 5.56 Å². The fourth-order valence-electron chi connectivity index (χ4n) is 4.88. The highest BCUT2D eigenvalue weighted by molar-refractivity contribution is 5.84. The SMILES string of the molecule is C=CC(=O)OC(C)(C)CC(C)(C)c1ccc2cc(-c3ccc(CCCCC)cc3C(F)(F)F)oc2c1. The van der Waals surface area contributed by atoms with Gasteiger partial charge in [-0.25, -0.2) is 4.79 Å². The second-order valence-corrected chi connectivity index (χ2v) is 10.6. The topological polar surface area (TPSA) is 39.4 Å².